The fourth-order valence-corrected chi connectivity index (χ4v) is 4.98. The van der Waals surface area contributed by atoms with Gasteiger partial charge in [0.15, 0.2) is 0 Å². The third-order valence-corrected chi connectivity index (χ3v) is 6.58. The molecule has 168 valence electrons. The van der Waals surface area contributed by atoms with Gasteiger partial charge >= 0.3 is 6.09 Å². The van der Waals surface area contributed by atoms with Crippen LogP contribution in [0, 0.1) is 0 Å². The second-order valence-corrected chi connectivity index (χ2v) is 9.13. The number of aromatic nitrogens is 1. The molecule has 3 atom stereocenters. The number of amides is 1. The Morgan fingerprint density at radius 3 is 2.53 bits per heavy atom. The number of carbonyl (C=O) groups is 1. The predicted octanol–water partition coefficient (Wildman–Crippen LogP) is 5.42. The summed E-state index contributed by atoms with van der Waals surface area (Å²) in [7, 11) is 4.05. The fourth-order valence-electron chi connectivity index (χ4n) is 4.50. The van der Waals surface area contributed by atoms with Gasteiger partial charge in [-0.1, -0.05) is 48.5 Å². The zero-order valence-electron chi connectivity index (χ0n) is 18.4. The van der Waals surface area contributed by atoms with Gasteiger partial charge in [-0.2, -0.15) is 0 Å². The lowest BCUT2D eigenvalue weighted by Crippen LogP contribution is -2.49. The van der Waals surface area contributed by atoms with Crippen LogP contribution in [0.25, 0.3) is 10.9 Å². The molecular weight excluding hydrogens is 424 g/mol. The molecule has 1 saturated carbocycles. The lowest BCUT2D eigenvalue weighted by molar-refractivity contribution is 0.107. The van der Waals surface area contributed by atoms with Crippen molar-refractivity contribution in [1.29, 1.82) is 0 Å². The molecule has 1 amide bonds. The molecule has 3 aromatic rings. The Morgan fingerprint density at radius 2 is 1.84 bits per heavy atom. The quantitative estimate of drug-likeness (QED) is 0.488. The van der Waals surface area contributed by atoms with Crippen molar-refractivity contribution in [2.45, 2.75) is 43.3 Å². The van der Waals surface area contributed by atoms with Gasteiger partial charge in [0.05, 0.1) is 16.9 Å². The van der Waals surface area contributed by atoms with Gasteiger partial charge in [-0.05, 0) is 30.9 Å². The molecular formula is C25H29ClN4O2. The second-order valence-electron chi connectivity index (χ2n) is 8.57. The smallest absolute Gasteiger partial charge is 0.407 e. The average Bonchev–Trinajstić information content (AvgIpc) is 2.78. The van der Waals surface area contributed by atoms with Crippen LogP contribution in [0.4, 0.5) is 16.3 Å². The first-order valence-corrected chi connectivity index (χ1v) is 11.4. The molecule has 0 saturated heterocycles. The number of para-hydroxylation sites is 1. The first-order valence-electron chi connectivity index (χ1n) is 10.9. The van der Waals surface area contributed by atoms with Crippen LogP contribution in [-0.4, -0.2) is 52.6 Å². The highest BCUT2D eigenvalue weighted by atomic mass is 35.5. The van der Waals surface area contributed by atoms with Gasteiger partial charge in [0, 0.05) is 43.8 Å². The highest BCUT2D eigenvalue weighted by Gasteiger charge is 2.35. The Morgan fingerprint density at radius 1 is 1.12 bits per heavy atom. The Hall–Kier alpha value is -2.99. The summed E-state index contributed by atoms with van der Waals surface area (Å²) in [5.41, 5.74) is 3.02. The monoisotopic (exact) mass is 452 g/mol. The molecule has 7 heteroatoms. The predicted molar refractivity (Wildman–Crippen MR) is 131 cm³/mol. The zero-order valence-corrected chi connectivity index (χ0v) is 19.2. The number of nitrogens with one attached hydrogen (secondary N) is 1. The number of hydrogen-bond acceptors (Lipinski definition) is 4. The number of benzene rings is 2. The molecule has 1 unspecified atom stereocenters. The molecule has 1 aromatic heterocycles. The number of carboxylic acid groups (broad SMARTS) is 1. The van der Waals surface area contributed by atoms with E-state index in [1.807, 2.05) is 62.6 Å². The van der Waals surface area contributed by atoms with Gasteiger partial charge in [0.2, 0.25) is 0 Å². The van der Waals surface area contributed by atoms with Gasteiger partial charge in [-0.3, -0.25) is 4.90 Å². The van der Waals surface area contributed by atoms with Crippen molar-refractivity contribution in [2.75, 3.05) is 24.3 Å². The Balaban J connectivity index is 1.47. The summed E-state index contributed by atoms with van der Waals surface area (Å²) in [5.74, 6) is 0.819. The van der Waals surface area contributed by atoms with Crippen LogP contribution in [0.3, 0.4) is 0 Å². The van der Waals surface area contributed by atoms with E-state index in [1.165, 1.54) is 4.90 Å². The largest absolute Gasteiger partial charge is 0.465 e. The van der Waals surface area contributed by atoms with Crippen molar-refractivity contribution in [3.8, 4) is 0 Å². The summed E-state index contributed by atoms with van der Waals surface area (Å²) in [5, 5.41) is 14.2. The molecule has 1 aliphatic rings. The lowest BCUT2D eigenvalue weighted by Gasteiger charge is -2.39. The summed E-state index contributed by atoms with van der Waals surface area (Å²) in [6.45, 7) is 0.348. The van der Waals surface area contributed by atoms with Crippen molar-refractivity contribution in [3.63, 3.8) is 0 Å². The molecule has 0 spiro atoms. The molecule has 1 heterocycles. The maximum absolute atomic E-state index is 12.0. The molecule has 0 radical (unpaired) electrons. The minimum Gasteiger partial charge on any atom is -0.465 e. The van der Waals surface area contributed by atoms with E-state index in [1.54, 1.807) is 0 Å². The van der Waals surface area contributed by atoms with Crippen LogP contribution in [0.2, 0.25) is 0 Å². The first-order chi connectivity index (χ1) is 15.4. The van der Waals surface area contributed by atoms with Crippen LogP contribution in [0.1, 0.15) is 24.8 Å². The van der Waals surface area contributed by atoms with Crippen molar-refractivity contribution in [3.05, 3.63) is 66.2 Å². The average molecular weight is 453 g/mol. The van der Waals surface area contributed by atoms with Crippen molar-refractivity contribution in [1.82, 2.24) is 9.88 Å². The van der Waals surface area contributed by atoms with E-state index in [4.69, 9.17) is 16.6 Å². The summed E-state index contributed by atoms with van der Waals surface area (Å²) < 4.78 is 0. The molecule has 0 aliphatic heterocycles. The Kier molecular flexibility index (Phi) is 6.70. The van der Waals surface area contributed by atoms with E-state index in [0.29, 0.717) is 19.4 Å². The molecule has 4 rings (SSSR count). The SMILES string of the molecule is CN(C)c1cc(NC2CC[C@@H](N(Cc3ccccc3)C(=O)O)[C@@H](Cl)C2)nc2ccccc12. The summed E-state index contributed by atoms with van der Waals surface area (Å²) >= 11 is 6.75. The number of anilines is 2. The molecule has 1 aliphatic carbocycles. The van der Waals surface area contributed by atoms with Gasteiger partial charge in [-0.15, -0.1) is 11.6 Å². The Labute approximate surface area is 193 Å². The van der Waals surface area contributed by atoms with Crippen molar-refractivity contribution >= 4 is 40.1 Å². The van der Waals surface area contributed by atoms with Crippen LogP contribution in [0.5, 0.6) is 0 Å². The lowest BCUT2D eigenvalue weighted by atomic mass is 9.89. The van der Waals surface area contributed by atoms with Gasteiger partial charge in [-0.25, -0.2) is 9.78 Å². The number of rotatable bonds is 6. The standard InChI is InChI=1S/C25H29ClN4O2/c1-29(2)23-15-24(28-21-11-7-6-10-19(21)23)27-18-12-13-22(20(26)14-18)30(25(31)32)16-17-8-4-3-5-9-17/h3-11,15,18,20,22H,12-14,16H2,1-2H3,(H,27,28)(H,31,32)/t18?,20-,22+/m0/s1. The normalized spacial score (nSPS) is 20.7. The van der Waals surface area contributed by atoms with E-state index in [9.17, 15) is 9.90 Å². The van der Waals surface area contributed by atoms with Crippen LogP contribution >= 0.6 is 11.6 Å². The van der Waals surface area contributed by atoms with Crippen molar-refractivity contribution in [2.24, 2.45) is 0 Å². The maximum atomic E-state index is 12.0. The third kappa shape index (κ3) is 4.91. The zero-order chi connectivity index (χ0) is 22.7. The number of nitrogens with zero attached hydrogens (tertiary/aromatic N) is 3. The van der Waals surface area contributed by atoms with Crippen LogP contribution in [0.15, 0.2) is 60.7 Å². The molecule has 2 aromatic carbocycles. The fraction of sp³-hybridized carbons (Fsp3) is 0.360. The molecule has 6 nitrogen and oxygen atoms in total. The Bertz CT molecular complexity index is 1080. The summed E-state index contributed by atoms with van der Waals surface area (Å²) in [6, 6.07) is 19.8. The van der Waals surface area contributed by atoms with Gasteiger partial charge in [0.1, 0.15) is 5.82 Å². The van der Waals surface area contributed by atoms with E-state index in [2.05, 4.69) is 22.3 Å². The van der Waals surface area contributed by atoms with Gasteiger partial charge in [0.25, 0.3) is 0 Å². The molecule has 32 heavy (non-hydrogen) atoms. The van der Waals surface area contributed by atoms with E-state index < -0.39 is 6.09 Å². The summed E-state index contributed by atoms with van der Waals surface area (Å²) in [4.78, 5) is 20.4. The molecule has 0 bridgehead atoms. The van der Waals surface area contributed by atoms with Crippen LogP contribution in [-0.2, 0) is 6.54 Å². The highest BCUT2D eigenvalue weighted by molar-refractivity contribution is 6.21. The van der Waals surface area contributed by atoms with E-state index >= 15 is 0 Å². The van der Waals surface area contributed by atoms with Crippen LogP contribution < -0.4 is 10.2 Å². The molecule has 2 N–H and O–H groups in total. The number of hydrogen-bond donors (Lipinski definition) is 2. The number of alkyl halides is 1. The number of halogens is 1. The maximum Gasteiger partial charge on any atom is 0.407 e. The van der Waals surface area contributed by atoms with Crippen molar-refractivity contribution < 1.29 is 9.90 Å². The number of pyridine rings is 1. The van der Waals surface area contributed by atoms with E-state index in [0.717, 1.165) is 34.4 Å². The van der Waals surface area contributed by atoms with Gasteiger partial charge < -0.3 is 15.3 Å². The van der Waals surface area contributed by atoms with E-state index in [-0.39, 0.29) is 17.5 Å². The summed E-state index contributed by atoms with van der Waals surface area (Å²) in [6.07, 6.45) is 1.29. The first kappa shape index (κ1) is 22.2. The molecule has 1 fully saturated rings. The highest BCUT2D eigenvalue weighted by Crippen LogP contribution is 2.32. The third-order valence-electron chi connectivity index (χ3n) is 6.11. The minimum absolute atomic E-state index is 0.143. The number of fused-ring (bicyclic) bond motifs is 1. The topological polar surface area (TPSA) is 68.7 Å². The minimum atomic E-state index is -0.928. The second kappa shape index (κ2) is 9.65.